The number of hydrogen-bond acceptors (Lipinski definition) is 8. The summed E-state index contributed by atoms with van der Waals surface area (Å²) in [5, 5.41) is 4.57. The largest absolute Gasteiger partial charge is 0.453 e. The molecule has 0 aromatic heterocycles. The zero-order valence-electron chi connectivity index (χ0n) is 16.1. The zero-order chi connectivity index (χ0) is 22.1. The molecule has 0 saturated heterocycles. The molecule has 0 aliphatic heterocycles. The van der Waals surface area contributed by atoms with Crippen molar-refractivity contribution in [3.05, 3.63) is 48.5 Å². The number of carbonyl (C=O) groups excluding carboxylic acids is 2. The summed E-state index contributed by atoms with van der Waals surface area (Å²) in [5.41, 5.74) is 5.62. The van der Waals surface area contributed by atoms with Crippen LogP contribution in [0.3, 0.4) is 0 Å². The number of rotatable bonds is 7. The van der Waals surface area contributed by atoms with Crippen LogP contribution in [0.2, 0.25) is 0 Å². The molecule has 0 saturated carbocycles. The number of amides is 2. The summed E-state index contributed by atoms with van der Waals surface area (Å²) in [4.78, 5) is 26.6. The molecule has 30 heavy (non-hydrogen) atoms. The van der Waals surface area contributed by atoms with Crippen molar-refractivity contribution in [1.29, 1.82) is 0 Å². The van der Waals surface area contributed by atoms with Gasteiger partial charge in [-0.25, -0.2) is 9.79 Å². The highest BCUT2D eigenvalue weighted by atomic mass is 32.2. The summed E-state index contributed by atoms with van der Waals surface area (Å²) >= 11 is 0. The van der Waals surface area contributed by atoms with Crippen molar-refractivity contribution < 1.29 is 31.7 Å². The predicted molar refractivity (Wildman–Crippen MR) is 108 cm³/mol. The predicted octanol–water partition coefficient (Wildman–Crippen LogP) is 1.34. The quantitative estimate of drug-likeness (QED) is 0.333. The number of benzene rings is 2. The number of nitrogens with one attached hydrogen (secondary N) is 2. The maximum atomic E-state index is 12.8. The van der Waals surface area contributed by atoms with Crippen molar-refractivity contribution in [2.45, 2.75) is 4.90 Å². The van der Waals surface area contributed by atoms with Gasteiger partial charge in [-0.3, -0.25) is 10.1 Å². The summed E-state index contributed by atoms with van der Waals surface area (Å²) in [6, 6.07) is 11.6. The van der Waals surface area contributed by atoms with Crippen LogP contribution in [0.25, 0.3) is 0 Å². The molecule has 0 aliphatic carbocycles. The highest BCUT2D eigenvalue weighted by Gasteiger charge is 2.23. The molecule has 0 heterocycles. The van der Waals surface area contributed by atoms with Crippen LogP contribution in [-0.4, -0.2) is 47.2 Å². The summed E-state index contributed by atoms with van der Waals surface area (Å²) in [5.74, 6) is -0.824. The van der Waals surface area contributed by atoms with Gasteiger partial charge in [0.1, 0.15) is 17.3 Å². The number of alkyl carbamates (subject to hydrolysis) is 1. The van der Waals surface area contributed by atoms with Crippen molar-refractivity contribution >= 4 is 39.5 Å². The van der Waals surface area contributed by atoms with Gasteiger partial charge in [-0.15, -0.1) is 0 Å². The highest BCUT2D eigenvalue weighted by Crippen LogP contribution is 2.29. The molecule has 0 atom stereocenters. The Hall–Kier alpha value is -3.64. The van der Waals surface area contributed by atoms with E-state index in [4.69, 9.17) is 14.7 Å². The standard InChI is InChI=1S/C18H20N4O7S/c1-27-11-16(23)21-14-9-8-12(20-17(19)22-18(24)28-2)10-15(14)30(25,26)29-13-6-4-3-5-7-13/h3-10H,11H2,1-2H3,(H,21,23)(H3,19,20,22,24). The van der Waals surface area contributed by atoms with E-state index >= 15 is 0 Å². The Kier molecular flexibility index (Phi) is 7.72. The summed E-state index contributed by atoms with van der Waals surface area (Å²) in [7, 11) is -1.90. The van der Waals surface area contributed by atoms with E-state index < -0.39 is 22.1 Å². The van der Waals surface area contributed by atoms with E-state index in [0.29, 0.717) is 0 Å². The highest BCUT2D eigenvalue weighted by molar-refractivity contribution is 7.87. The fraction of sp³-hybridized carbons (Fsp3) is 0.167. The second-order valence-electron chi connectivity index (χ2n) is 5.63. The summed E-state index contributed by atoms with van der Waals surface area (Å²) < 4.78 is 40.0. The van der Waals surface area contributed by atoms with Gasteiger partial charge in [-0.2, -0.15) is 8.42 Å². The molecule has 2 aromatic rings. The Labute approximate surface area is 173 Å². The van der Waals surface area contributed by atoms with Gasteiger partial charge in [0.25, 0.3) is 0 Å². The lowest BCUT2D eigenvalue weighted by Crippen LogP contribution is -2.36. The lowest BCUT2D eigenvalue weighted by Gasteiger charge is -2.13. The molecule has 0 bridgehead atoms. The Morgan fingerprint density at radius 2 is 1.80 bits per heavy atom. The van der Waals surface area contributed by atoms with Crippen LogP contribution in [0.4, 0.5) is 16.2 Å². The molecule has 12 heteroatoms. The fourth-order valence-corrected chi connectivity index (χ4v) is 3.29. The third-order valence-corrected chi connectivity index (χ3v) is 4.69. The van der Waals surface area contributed by atoms with Crippen molar-refractivity contribution in [2.24, 2.45) is 10.7 Å². The van der Waals surface area contributed by atoms with Gasteiger partial charge in [-0.1, -0.05) is 18.2 Å². The number of para-hydroxylation sites is 1. The second-order valence-corrected chi connectivity index (χ2v) is 7.14. The van der Waals surface area contributed by atoms with E-state index in [-0.39, 0.29) is 34.6 Å². The lowest BCUT2D eigenvalue weighted by molar-refractivity contribution is -0.119. The topological polar surface area (TPSA) is 158 Å². The van der Waals surface area contributed by atoms with Gasteiger partial charge < -0.3 is 24.7 Å². The van der Waals surface area contributed by atoms with E-state index in [2.05, 4.69) is 20.4 Å². The third-order valence-electron chi connectivity index (χ3n) is 3.40. The Balaban J connectivity index is 2.45. The maximum absolute atomic E-state index is 12.8. The molecule has 4 N–H and O–H groups in total. The van der Waals surface area contributed by atoms with E-state index in [1.807, 2.05) is 0 Å². The van der Waals surface area contributed by atoms with Crippen LogP contribution in [0.1, 0.15) is 0 Å². The summed E-state index contributed by atoms with van der Waals surface area (Å²) in [6.45, 7) is -0.283. The van der Waals surface area contributed by atoms with Crippen LogP contribution in [0.5, 0.6) is 5.75 Å². The number of methoxy groups -OCH3 is 2. The van der Waals surface area contributed by atoms with Crippen LogP contribution >= 0.6 is 0 Å². The van der Waals surface area contributed by atoms with Gasteiger partial charge >= 0.3 is 16.2 Å². The van der Waals surface area contributed by atoms with E-state index in [9.17, 15) is 18.0 Å². The average molecular weight is 436 g/mol. The minimum Gasteiger partial charge on any atom is -0.453 e. The number of carbonyl (C=O) groups is 2. The normalized spacial score (nSPS) is 11.5. The van der Waals surface area contributed by atoms with Gasteiger partial charge in [-0.05, 0) is 30.3 Å². The Morgan fingerprint density at radius 3 is 2.43 bits per heavy atom. The zero-order valence-corrected chi connectivity index (χ0v) is 16.9. The second kappa shape index (κ2) is 10.2. The minimum absolute atomic E-state index is 0.0496. The van der Waals surface area contributed by atoms with Crippen LogP contribution < -0.4 is 20.6 Å². The fourth-order valence-electron chi connectivity index (χ4n) is 2.18. The molecule has 2 rings (SSSR count). The van der Waals surface area contributed by atoms with Crippen molar-refractivity contribution in [3.63, 3.8) is 0 Å². The minimum atomic E-state index is -4.37. The van der Waals surface area contributed by atoms with Crippen LogP contribution in [0.15, 0.2) is 58.4 Å². The first kappa shape index (κ1) is 22.6. The number of hydrogen-bond donors (Lipinski definition) is 3. The van der Waals surface area contributed by atoms with Crippen LogP contribution in [0, 0.1) is 0 Å². The molecule has 160 valence electrons. The number of ether oxygens (including phenoxy) is 2. The summed E-state index contributed by atoms with van der Waals surface area (Å²) in [6.07, 6.45) is -0.847. The molecule has 0 radical (unpaired) electrons. The average Bonchev–Trinajstić information content (AvgIpc) is 2.69. The number of nitrogens with zero attached hydrogens (tertiary/aromatic N) is 1. The molecular weight excluding hydrogens is 416 g/mol. The molecule has 2 aromatic carbocycles. The molecule has 0 fully saturated rings. The van der Waals surface area contributed by atoms with Crippen molar-refractivity contribution in [1.82, 2.24) is 5.32 Å². The first-order chi connectivity index (χ1) is 14.2. The first-order valence-corrected chi connectivity index (χ1v) is 9.77. The third kappa shape index (κ3) is 6.46. The van der Waals surface area contributed by atoms with Gasteiger partial charge in [0, 0.05) is 7.11 Å². The monoisotopic (exact) mass is 436 g/mol. The SMILES string of the molecule is COCC(=O)Nc1ccc(N=C(N)NC(=O)OC)cc1S(=O)(=O)Oc1ccccc1. The van der Waals surface area contributed by atoms with E-state index in [1.54, 1.807) is 18.2 Å². The molecule has 0 spiro atoms. The smallest absolute Gasteiger partial charge is 0.413 e. The number of aliphatic imine (C=N–C) groups is 1. The van der Waals surface area contributed by atoms with Crippen molar-refractivity contribution in [3.8, 4) is 5.75 Å². The molecule has 11 nitrogen and oxygen atoms in total. The number of guanidine groups is 1. The van der Waals surface area contributed by atoms with Gasteiger partial charge in [0.05, 0.1) is 18.5 Å². The van der Waals surface area contributed by atoms with E-state index in [0.717, 1.165) is 13.2 Å². The Morgan fingerprint density at radius 1 is 1.10 bits per heavy atom. The Bertz CT molecular complexity index is 1040. The lowest BCUT2D eigenvalue weighted by atomic mass is 10.3. The number of nitrogens with two attached hydrogens (primary N) is 1. The first-order valence-electron chi connectivity index (χ1n) is 8.36. The maximum Gasteiger partial charge on any atom is 0.413 e. The van der Waals surface area contributed by atoms with Gasteiger partial charge in [0.2, 0.25) is 11.9 Å². The molecule has 2 amide bonds. The molecule has 0 unspecified atom stereocenters. The molecule has 0 aliphatic rings. The van der Waals surface area contributed by atoms with Crippen LogP contribution in [-0.2, 0) is 24.4 Å². The molecular formula is C18H20N4O7S. The van der Waals surface area contributed by atoms with Gasteiger partial charge in [0.15, 0.2) is 0 Å². The number of anilines is 1. The van der Waals surface area contributed by atoms with E-state index in [1.165, 1.54) is 31.4 Å². The van der Waals surface area contributed by atoms with Crippen molar-refractivity contribution in [2.75, 3.05) is 26.1 Å².